The number of benzene rings is 3. The molecule has 0 fully saturated rings. The predicted molar refractivity (Wildman–Crippen MR) is 126 cm³/mol. The van der Waals surface area contributed by atoms with Gasteiger partial charge in [0.2, 0.25) is 0 Å². The van der Waals surface area contributed by atoms with Gasteiger partial charge in [-0.3, -0.25) is 9.56 Å². The monoisotopic (exact) mass is 451 g/mol. The molecule has 0 aromatic heterocycles. The molecule has 32 heavy (non-hydrogen) atoms. The SMILES string of the molecule is CC/C(=C(\c1ccccc1)c1ccc(OS(=O)(=O)O)cc1)c1ccc(N=NN(C)C)cc1. The minimum absolute atomic E-state index is 0.0392. The summed E-state index contributed by atoms with van der Waals surface area (Å²) in [6, 6.07) is 24.4. The van der Waals surface area contributed by atoms with E-state index >= 15 is 0 Å². The zero-order valence-electron chi connectivity index (χ0n) is 18.1. The third-order valence-corrected chi connectivity index (χ3v) is 5.02. The molecule has 0 saturated carbocycles. The van der Waals surface area contributed by atoms with Gasteiger partial charge in [-0.2, -0.15) is 8.42 Å². The van der Waals surface area contributed by atoms with E-state index in [0.717, 1.165) is 39.9 Å². The molecule has 0 radical (unpaired) electrons. The summed E-state index contributed by atoms with van der Waals surface area (Å²) in [5.74, 6) is 0.0392. The Kier molecular flexibility index (Phi) is 7.40. The summed E-state index contributed by atoms with van der Waals surface area (Å²) in [5, 5.41) is 9.84. The molecule has 0 spiro atoms. The average molecular weight is 452 g/mol. The maximum atomic E-state index is 11.0. The zero-order chi connectivity index (χ0) is 23.1. The van der Waals surface area contributed by atoms with Crippen molar-refractivity contribution in [2.45, 2.75) is 13.3 Å². The second kappa shape index (κ2) is 10.2. The smallest absolute Gasteiger partial charge is 0.362 e. The van der Waals surface area contributed by atoms with Gasteiger partial charge in [-0.15, -0.1) is 5.11 Å². The van der Waals surface area contributed by atoms with Crippen molar-refractivity contribution in [2.24, 2.45) is 10.3 Å². The largest absolute Gasteiger partial charge is 0.446 e. The first-order valence-corrected chi connectivity index (χ1v) is 11.4. The second-order valence-corrected chi connectivity index (χ2v) is 8.21. The van der Waals surface area contributed by atoms with E-state index in [2.05, 4.69) is 21.4 Å². The van der Waals surface area contributed by atoms with Crippen LogP contribution in [0.15, 0.2) is 89.2 Å². The number of hydrogen-bond acceptors (Lipinski definition) is 5. The first-order chi connectivity index (χ1) is 15.3. The molecule has 0 aliphatic heterocycles. The van der Waals surface area contributed by atoms with Gasteiger partial charge in [0.15, 0.2) is 0 Å². The minimum Gasteiger partial charge on any atom is -0.362 e. The molecule has 0 bridgehead atoms. The Morgan fingerprint density at radius 2 is 1.44 bits per heavy atom. The van der Waals surface area contributed by atoms with Crippen molar-refractivity contribution in [2.75, 3.05) is 14.1 Å². The molecule has 0 saturated heterocycles. The van der Waals surface area contributed by atoms with E-state index in [1.54, 1.807) is 17.1 Å². The highest BCUT2D eigenvalue weighted by Gasteiger charge is 2.14. The molecular weight excluding hydrogens is 426 g/mol. The van der Waals surface area contributed by atoms with Crippen molar-refractivity contribution in [1.82, 2.24) is 5.01 Å². The molecule has 0 atom stereocenters. The second-order valence-electron chi connectivity index (χ2n) is 7.19. The standard InChI is InChI=1S/C24H25N3O4S/c1-4-23(18-10-14-21(15-11-18)25-26-27(2)3)24(19-8-6-5-7-9-19)20-12-16-22(17-13-20)31-32(28,29)30/h5-17H,4H2,1-3H3,(H,28,29,30)/b24-23-,26-25?. The lowest BCUT2D eigenvalue weighted by molar-refractivity contribution is 0.387. The van der Waals surface area contributed by atoms with Crippen molar-refractivity contribution < 1.29 is 17.2 Å². The zero-order valence-corrected chi connectivity index (χ0v) is 19.0. The molecule has 0 unspecified atom stereocenters. The number of rotatable bonds is 8. The fourth-order valence-corrected chi connectivity index (χ4v) is 3.67. The number of hydrogen-bond donors (Lipinski definition) is 1. The van der Waals surface area contributed by atoms with Crippen LogP contribution in [0.25, 0.3) is 11.1 Å². The fraction of sp³-hybridized carbons (Fsp3) is 0.167. The van der Waals surface area contributed by atoms with Crippen LogP contribution >= 0.6 is 0 Å². The maximum Gasteiger partial charge on any atom is 0.446 e. The van der Waals surface area contributed by atoms with Crippen molar-refractivity contribution in [1.29, 1.82) is 0 Å². The summed E-state index contributed by atoms with van der Waals surface area (Å²) in [5.41, 5.74) is 5.88. The van der Waals surface area contributed by atoms with E-state index in [1.165, 1.54) is 12.1 Å². The van der Waals surface area contributed by atoms with E-state index in [0.29, 0.717) is 0 Å². The van der Waals surface area contributed by atoms with Gasteiger partial charge < -0.3 is 4.18 Å². The van der Waals surface area contributed by atoms with Crippen LogP contribution in [0.2, 0.25) is 0 Å². The Bertz CT molecular complexity index is 1200. The van der Waals surface area contributed by atoms with E-state index < -0.39 is 10.4 Å². The number of nitrogens with zero attached hydrogens (tertiary/aromatic N) is 3. The van der Waals surface area contributed by atoms with Crippen LogP contribution in [-0.2, 0) is 10.4 Å². The van der Waals surface area contributed by atoms with Crippen LogP contribution in [0.3, 0.4) is 0 Å². The number of allylic oxidation sites excluding steroid dienone is 1. The van der Waals surface area contributed by atoms with Gasteiger partial charge in [0, 0.05) is 14.1 Å². The first kappa shape index (κ1) is 23.2. The molecule has 3 aromatic carbocycles. The molecule has 166 valence electrons. The fourth-order valence-electron chi connectivity index (χ4n) is 3.31. The summed E-state index contributed by atoms with van der Waals surface area (Å²) < 4.78 is 35.5. The van der Waals surface area contributed by atoms with E-state index in [-0.39, 0.29) is 5.75 Å². The normalized spacial score (nSPS) is 12.5. The van der Waals surface area contributed by atoms with Crippen LogP contribution < -0.4 is 4.18 Å². The molecule has 0 amide bonds. The van der Waals surface area contributed by atoms with Crippen molar-refractivity contribution in [3.63, 3.8) is 0 Å². The highest BCUT2D eigenvalue weighted by atomic mass is 32.3. The van der Waals surface area contributed by atoms with E-state index in [9.17, 15) is 8.42 Å². The van der Waals surface area contributed by atoms with E-state index in [4.69, 9.17) is 4.55 Å². The molecule has 3 aromatic rings. The van der Waals surface area contributed by atoms with Gasteiger partial charge in [0.25, 0.3) is 0 Å². The Hall–Kier alpha value is -3.49. The molecule has 3 rings (SSSR count). The summed E-state index contributed by atoms with van der Waals surface area (Å²) in [6.45, 7) is 2.09. The first-order valence-electron chi connectivity index (χ1n) is 10.0. The quantitative estimate of drug-likeness (QED) is 0.202. The van der Waals surface area contributed by atoms with Gasteiger partial charge in [-0.25, -0.2) is 0 Å². The third-order valence-electron chi connectivity index (χ3n) is 4.62. The minimum atomic E-state index is -4.57. The molecule has 1 N–H and O–H groups in total. The van der Waals surface area contributed by atoms with Gasteiger partial charge in [0.05, 0.1) is 5.69 Å². The van der Waals surface area contributed by atoms with Crippen molar-refractivity contribution in [3.05, 3.63) is 95.6 Å². The topological polar surface area (TPSA) is 91.6 Å². The molecular formula is C24H25N3O4S. The van der Waals surface area contributed by atoms with Crippen LogP contribution in [0.1, 0.15) is 30.0 Å². The van der Waals surface area contributed by atoms with Crippen LogP contribution in [0.4, 0.5) is 5.69 Å². The summed E-state index contributed by atoms with van der Waals surface area (Å²) in [4.78, 5) is 0. The molecule has 0 aliphatic rings. The Labute approximate surface area is 188 Å². The average Bonchev–Trinajstić information content (AvgIpc) is 2.77. The van der Waals surface area contributed by atoms with Gasteiger partial charge >= 0.3 is 10.4 Å². The molecule has 0 aliphatic carbocycles. The van der Waals surface area contributed by atoms with Crippen molar-refractivity contribution >= 4 is 27.2 Å². The summed E-state index contributed by atoms with van der Waals surface area (Å²) in [7, 11) is -0.945. The highest BCUT2D eigenvalue weighted by Crippen LogP contribution is 2.35. The Balaban J connectivity index is 2.09. The lowest BCUT2D eigenvalue weighted by atomic mass is 9.88. The third kappa shape index (κ3) is 6.26. The maximum absolute atomic E-state index is 11.0. The van der Waals surface area contributed by atoms with Gasteiger partial charge in [-0.05, 0) is 58.5 Å². The molecule has 8 heteroatoms. The Morgan fingerprint density at radius 3 is 1.97 bits per heavy atom. The predicted octanol–water partition coefficient (Wildman–Crippen LogP) is 5.80. The van der Waals surface area contributed by atoms with Gasteiger partial charge in [-0.1, -0.05) is 66.7 Å². The lowest BCUT2D eigenvalue weighted by Crippen LogP contribution is -2.06. The molecule has 0 heterocycles. The van der Waals surface area contributed by atoms with Crippen LogP contribution in [-0.4, -0.2) is 32.1 Å². The summed E-state index contributed by atoms with van der Waals surface area (Å²) >= 11 is 0. The Morgan fingerprint density at radius 1 is 0.875 bits per heavy atom. The molecule has 7 nitrogen and oxygen atoms in total. The van der Waals surface area contributed by atoms with Crippen LogP contribution in [0.5, 0.6) is 5.75 Å². The van der Waals surface area contributed by atoms with Crippen LogP contribution in [0, 0.1) is 0 Å². The van der Waals surface area contributed by atoms with Crippen molar-refractivity contribution in [3.8, 4) is 5.75 Å². The van der Waals surface area contributed by atoms with E-state index in [1.807, 2.05) is 68.7 Å². The lowest BCUT2D eigenvalue weighted by Gasteiger charge is -2.17. The van der Waals surface area contributed by atoms with Gasteiger partial charge in [0.1, 0.15) is 5.75 Å². The summed E-state index contributed by atoms with van der Waals surface area (Å²) in [6.07, 6.45) is 0.770. The highest BCUT2D eigenvalue weighted by molar-refractivity contribution is 7.81.